The lowest BCUT2D eigenvalue weighted by atomic mass is 9.81. The van der Waals surface area contributed by atoms with Gasteiger partial charge in [-0.15, -0.1) is 0 Å². The van der Waals surface area contributed by atoms with E-state index in [2.05, 4.69) is 0 Å². The number of nitrogens with zero attached hydrogens (tertiary/aromatic N) is 1. The zero-order valence-corrected chi connectivity index (χ0v) is 12.7. The molecular formula is C18H23NO2. The van der Waals surface area contributed by atoms with E-state index in [1.54, 1.807) is 0 Å². The third-order valence-electron chi connectivity index (χ3n) is 4.83. The van der Waals surface area contributed by atoms with Crippen molar-refractivity contribution in [2.24, 2.45) is 11.8 Å². The lowest BCUT2D eigenvalue weighted by Gasteiger charge is -2.25. The monoisotopic (exact) mass is 285 g/mol. The maximum atomic E-state index is 12.5. The number of ketones is 1. The van der Waals surface area contributed by atoms with Crippen molar-refractivity contribution in [3.05, 3.63) is 35.4 Å². The normalized spacial score (nSPS) is 21.0. The average Bonchev–Trinajstić information content (AvgIpc) is 3.32. The molecular weight excluding hydrogens is 262 g/mol. The first kappa shape index (κ1) is 14.3. The average molecular weight is 285 g/mol. The van der Waals surface area contributed by atoms with Crippen LogP contribution in [0.1, 0.15) is 48.0 Å². The summed E-state index contributed by atoms with van der Waals surface area (Å²) in [5.41, 5.74) is 1.95. The van der Waals surface area contributed by atoms with E-state index in [1.165, 1.54) is 12.8 Å². The molecule has 3 nitrogen and oxygen atoms in total. The molecule has 1 aromatic rings. The summed E-state index contributed by atoms with van der Waals surface area (Å²) in [4.78, 5) is 26.6. The molecule has 3 rings (SSSR count). The van der Waals surface area contributed by atoms with E-state index in [0.29, 0.717) is 6.42 Å². The molecule has 1 atom stereocenters. The first-order valence-corrected chi connectivity index (χ1v) is 8.01. The minimum Gasteiger partial charge on any atom is -0.346 e. The first-order valence-electron chi connectivity index (χ1n) is 8.01. The molecule has 0 saturated heterocycles. The lowest BCUT2D eigenvalue weighted by Crippen LogP contribution is -2.33. The summed E-state index contributed by atoms with van der Waals surface area (Å²) in [6, 6.07) is 7.80. The number of amides is 1. The molecule has 1 amide bonds. The Kier molecular flexibility index (Phi) is 4.09. The number of aryl methyl sites for hydroxylation is 1. The van der Waals surface area contributed by atoms with Crippen molar-refractivity contribution in [2.45, 2.75) is 38.5 Å². The fraction of sp³-hybridized carbons (Fsp3) is 0.556. The minimum atomic E-state index is -0.129. The Bertz CT molecular complexity index is 548. The zero-order valence-electron chi connectivity index (χ0n) is 12.7. The van der Waals surface area contributed by atoms with Gasteiger partial charge in [-0.25, -0.2) is 0 Å². The molecule has 1 aromatic carbocycles. The molecule has 1 unspecified atom stereocenters. The molecule has 0 radical (unpaired) electrons. The number of carbonyl (C=O) groups is 2. The number of Topliss-reactive ketones (excluding diaryl/α,β-unsaturated/α-hetero) is 1. The SMILES string of the molecule is CN(CCC1CC1)C(=O)CC1CCc2ccccc2C1=O. The van der Waals surface area contributed by atoms with Gasteiger partial charge in [0.1, 0.15) is 0 Å². The van der Waals surface area contributed by atoms with Crippen LogP contribution < -0.4 is 0 Å². The molecule has 0 N–H and O–H groups in total. The van der Waals surface area contributed by atoms with Crippen LogP contribution in [0.2, 0.25) is 0 Å². The predicted octanol–water partition coefficient (Wildman–Crippen LogP) is 3.08. The van der Waals surface area contributed by atoms with Gasteiger partial charge in [-0.05, 0) is 30.7 Å². The molecule has 1 saturated carbocycles. The Balaban J connectivity index is 1.57. The molecule has 0 heterocycles. The Hall–Kier alpha value is -1.64. The van der Waals surface area contributed by atoms with Crippen molar-refractivity contribution in [1.29, 1.82) is 0 Å². The highest BCUT2D eigenvalue weighted by Gasteiger charge is 2.30. The van der Waals surface area contributed by atoms with E-state index in [1.807, 2.05) is 36.2 Å². The summed E-state index contributed by atoms with van der Waals surface area (Å²) in [7, 11) is 1.87. The quantitative estimate of drug-likeness (QED) is 0.833. The number of benzene rings is 1. The van der Waals surface area contributed by atoms with Crippen molar-refractivity contribution in [3.63, 3.8) is 0 Å². The maximum Gasteiger partial charge on any atom is 0.223 e. The second kappa shape index (κ2) is 6.00. The summed E-state index contributed by atoms with van der Waals surface area (Å²) in [6.45, 7) is 0.834. The molecule has 3 heteroatoms. The molecule has 0 spiro atoms. The highest BCUT2D eigenvalue weighted by atomic mass is 16.2. The van der Waals surface area contributed by atoms with Crippen molar-refractivity contribution in [3.8, 4) is 0 Å². The Morgan fingerprint density at radius 2 is 2.00 bits per heavy atom. The van der Waals surface area contributed by atoms with E-state index in [9.17, 15) is 9.59 Å². The van der Waals surface area contributed by atoms with Gasteiger partial charge in [-0.1, -0.05) is 37.1 Å². The Morgan fingerprint density at radius 1 is 1.24 bits per heavy atom. The van der Waals surface area contributed by atoms with Gasteiger partial charge in [0, 0.05) is 31.5 Å². The molecule has 1 fully saturated rings. The van der Waals surface area contributed by atoms with Gasteiger partial charge in [0.2, 0.25) is 5.91 Å². The van der Waals surface area contributed by atoms with Crippen LogP contribution in [0.5, 0.6) is 0 Å². The van der Waals surface area contributed by atoms with Crippen molar-refractivity contribution < 1.29 is 9.59 Å². The first-order chi connectivity index (χ1) is 10.1. The van der Waals surface area contributed by atoms with E-state index in [0.717, 1.165) is 42.9 Å². The van der Waals surface area contributed by atoms with E-state index < -0.39 is 0 Å². The highest BCUT2D eigenvalue weighted by Crippen LogP contribution is 2.32. The van der Waals surface area contributed by atoms with Crippen LogP contribution in [-0.2, 0) is 11.2 Å². The van der Waals surface area contributed by atoms with Gasteiger partial charge >= 0.3 is 0 Å². The summed E-state index contributed by atoms with van der Waals surface area (Å²) in [5, 5.41) is 0. The Morgan fingerprint density at radius 3 is 2.76 bits per heavy atom. The molecule has 0 bridgehead atoms. The summed E-state index contributed by atoms with van der Waals surface area (Å²) >= 11 is 0. The number of rotatable bonds is 5. The minimum absolute atomic E-state index is 0.119. The highest BCUT2D eigenvalue weighted by molar-refractivity contribution is 6.01. The van der Waals surface area contributed by atoms with Crippen LogP contribution in [-0.4, -0.2) is 30.2 Å². The van der Waals surface area contributed by atoms with Crippen LogP contribution in [0.3, 0.4) is 0 Å². The maximum absolute atomic E-state index is 12.5. The number of fused-ring (bicyclic) bond motifs is 1. The largest absolute Gasteiger partial charge is 0.346 e. The van der Waals surface area contributed by atoms with Gasteiger partial charge < -0.3 is 4.90 Å². The fourth-order valence-corrected chi connectivity index (χ4v) is 3.13. The summed E-state index contributed by atoms with van der Waals surface area (Å²) in [5.74, 6) is 0.980. The third-order valence-corrected chi connectivity index (χ3v) is 4.83. The van der Waals surface area contributed by atoms with Gasteiger partial charge in [0.15, 0.2) is 5.78 Å². The third kappa shape index (κ3) is 3.34. The molecule has 2 aliphatic rings. The van der Waals surface area contributed by atoms with Gasteiger partial charge in [0.25, 0.3) is 0 Å². The Labute approximate surface area is 126 Å². The molecule has 112 valence electrons. The predicted molar refractivity (Wildman–Crippen MR) is 82.2 cm³/mol. The van der Waals surface area contributed by atoms with E-state index >= 15 is 0 Å². The number of hydrogen-bond acceptors (Lipinski definition) is 2. The van der Waals surface area contributed by atoms with Crippen LogP contribution in [0.4, 0.5) is 0 Å². The standard InChI is InChI=1S/C18H23NO2/c1-19(11-10-13-6-7-13)17(20)12-15-9-8-14-4-2-3-5-16(14)18(15)21/h2-5,13,15H,6-12H2,1H3. The van der Waals surface area contributed by atoms with Gasteiger partial charge in [-0.3, -0.25) is 9.59 Å². The number of carbonyl (C=O) groups excluding carboxylic acids is 2. The topological polar surface area (TPSA) is 37.4 Å². The molecule has 0 aliphatic heterocycles. The van der Waals surface area contributed by atoms with Crippen LogP contribution >= 0.6 is 0 Å². The summed E-state index contributed by atoms with van der Waals surface area (Å²) < 4.78 is 0. The second-order valence-electron chi connectivity index (χ2n) is 6.51. The van der Waals surface area contributed by atoms with Crippen molar-refractivity contribution >= 4 is 11.7 Å². The second-order valence-corrected chi connectivity index (χ2v) is 6.51. The van der Waals surface area contributed by atoms with E-state index in [4.69, 9.17) is 0 Å². The van der Waals surface area contributed by atoms with Crippen molar-refractivity contribution in [1.82, 2.24) is 4.90 Å². The van der Waals surface area contributed by atoms with E-state index in [-0.39, 0.29) is 17.6 Å². The van der Waals surface area contributed by atoms with Crippen LogP contribution in [0, 0.1) is 11.8 Å². The fourth-order valence-electron chi connectivity index (χ4n) is 3.13. The summed E-state index contributed by atoms with van der Waals surface area (Å²) in [6.07, 6.45) is 5.83. The van der Waals surface area contributed by atoms with Crippen LogP contribution in [0.25, 0.3) is 0 Å². The van der Waals surface area contributed by atoms with Crippen molar-refractivity contribution in [2.75, 3.05) is 13.6 Å². The smallest absolute Gasteiger partial charge is 0.223 e. The zero-order chi connectivity index (χ0) is 14.8. The van der Waals surface area contributed by atoms with Gasteiger partial charge in [-0.2, -0.15) is 0 Å². The molecule has 0 aromatic heterocycles. The lowest BCUT2D eigenvalue weighted by molar-refractivity contribution is -0.130. The number of hydrogen-bond donors (Lipinski definition) is 0. The molecule has 21 heavy (non-hydrogen) atoms. The van der Waals surface area contributed by atoms with Crippen LogP contribution in [0.15, 0.2) is 24.3 Å². The van der Waals surface area contributed by atoms with Gasteiger partial charge in [0.05, 0.1) is 0 Å². The molecule has 2 aliphatic carbocycles.